The Labute approximate surface area is 94.5 Å². The predicted octanol–water partition coefficient (Wildman–Crippen LogP) is 0.304. The largest absolute Gasteiger partial charge is 0.394 e. The van der Waals surface area contributed by atoms with E-state index in [4.69, 9.17) is 0 Å². The standard InChI is InChI=1S/C11H17N3O2/c15-9-11(4-1-5-11)13-10(16)3-8-14-7-2-6-12-14/h2,6-7,15H,1,3-5,8-9H2,(H,13,16). The molecule has 1 heterocycles. The van der Waals surface area contributed by atoms with Gasteiger partial charge in [-0.3, -0.25) is 9.48 Å². The average molecular weight is 223 g/mol. The van der Waals surface area contributed by atoms with Gasteiger partial charge in [0.15, 0.2) is 0 Å². The minimum absolute atomic E-state index is 0.00995. The number of aryl methyl sites for hydroxylation is 1. The molecule has 2 rings (SSSR count). The van der Waals surface area contributed by atoms with Crippen molar-refractivity contribution in [2.75, 3.05) is 6.61 Å². The van der Waals surface area contributed by atoms with E-state index >= 15 is 0 Å². The number of aromatic nitrogens is 2. The molecule has 1 aromatic rings. The van der Waals surface area contributed by atoms with E-state index in [0.29, 0.717) is 13.0 Å². The quantitative estimate of drug-likeness (QED) is 0.754. The first-order valence-electron chi connectivity index (χ1n) is 5.63. The van der Waals surface area contributed by atoms with Gasteiger partial charge >= 0.3 is 0 Å². The van der Waals surface area contributed by atoms with Crippen LogP contribution >= 0.6 is 0 Å². The topological polar surface area (TPSA) is 67.2 Å². The van der Waals surface area contributed by atoms with Crippen LogP contribution in [0.2, 0.25) is 0 Å². The molecule has 5 heteroatoms. The summed E-state index contributed by atoms with van der Waals surface area (Å²) in [6.45, 7) is 0.626. The second kappa shape index (κ2) is 4.65. The van der Waals surface area contributed by atoms with Crippen LogP contribution < -0.4 is 5.32 Å². The van der Waals surface area contributed by atoms with E-state index in [1.54, 1.807) is 10.9 Å². The van der Waals surface area contributed by atoms with Gasteiger partial charge in [0, 0.05) is 25.4 Å². The third-order valence-electron chi connectivity index (χ3n) is 3.15. The van der Waals surface area contributed by atoms with Crippen molar-refractivity contribution in [3.8, 4) is 0 Å². The van der Waals surface area contributed by atoms with Gasteiger partial charge < -0.3 is 10.4 Å². The summed E-state index contributed by atoms with van der Waals surface area (Å²) in [4.78, 5) is 11.6. The van der Waals surface area contributed by atoms with Crippen LogP contribution in [0.15, 0.2) is 18.5 Å². The second-order valence-electron chi connectivity index (χ2n) is 4.36. The summed E-state index contributed by atoms with van der Waals surface area (Å²) in [5.74, 6) is -0.00995. The Morgan fingerprint density at radius 1 is 1.56 bits per heavy atom. The van der Waals surface area contributed by atoms with Crippen molar-refractivity contribution in [1.82, 2.24) is 15.1 Å². The van der Waals surface area contributed by atoms with Crippen molar-refractivity contribution < 1.29 is 9.90 Å². The second-order valence-corrected chi connectivity index (χ2v) is 4.36. The van der Waals surface area contributed by atoms with Gasteiger partial charge in [0.05, 0.1) is 12.1 Å². The highest BCUT2D eigenvalue weighted by Gasteiger charge is 2.37. The maximum absolute atomic E-state index is 11.6. The van der Waals surface area contributed by atoms with Crippen LogP contribution in [0.4, 0.5) is 0 Å². The molecule has 1 aromatic heterocycles. The van der Waals surface area contributed by atoms with Gasteiger partial charge in [-0.15, -0.1) is 0 Å². The zero-order chi connectivity index (χ0) is 11.4. The van der Waals surface area contributed by atoms with Gasteiger partial charge in [-0.05, 0) is 25.3 Å². The van der Waals surface area contributed by atoms with E-state index in [-0.39, 0.29) is 18.1 Å². The van der Waals surface area contributed by atoms with Crippen molar-refractivity contribution >= 4 is 5.91 Å². The highest BCUT2D eigenvalue weighted by Crippen LogP contribution is 2.31. The number of rotatable bonds is 5. The van der Waals surface area contributed by atoms with E-state index in [1.807, 2.05) is 12.3 Å². The molecule has 0 spiro atoms. The van der Waals surface area contributed by atoms with Crippen molar-refractivity contribution in [2.45, 2.75) is 37.8 Å². The number of hydrogen-bond acceptors (Lipinski definition) is 3. The summed E-state index contributed by atoms with van der Waals surface area (Å²) in [7, 11) is 0. The Balaban J connectivity index is 1.76. The molecule has 1 fully saturated rings. The number of carbonyl (C=O) groups excluding carboxylic acids is 1. The van der Waals surface area contributed by atoms with Crippen LogP contribution in [0.25, 0.3) is 0 Å². The van der Waals surface area contributed by atoms with E-state index in [2.05, 4.69) is 10.4 Å². The Hall–Kier alpha value is -1.36. The lowest BCUT2D eigenvalue weighted by Crippen LogP contribution is -2.56. The zero-order valence-corrected chi connectivity index (χ0v) is 9.22. The summed E-state index contributed by atoms with van der Waals surface area (Å²) in [5.41, 5.74) is -0.332. The van der Waals surface area contributed by atoms with E-state index in [9.17, 15) is 9.90 Å². The first-order valence-corrected chi connectivity index (χ1v) is 5.63. The molecule has 0 radical (unpaired) electrons. The minimum atomic E-state index is -0.332. The lowest BCUT2D eigenvalue weighted by Gasteiger charge is -2.41. The Morgan fingerprint density at radius 3 is 2.88 bits per heavy atom. The Morgan fingerprint density at radius 2 is 2.38 bits per heavy atom. The van der Waals surface area contributed by atoms with E-state index in [0.717, 1.165) is 19.3 Å². The van der Waals surface area contributed by atoms with Crippen LogP contribution in [-0.2, 0) is 11.3 Å². The molecule has 1 aliphatic carbocycles. The van der Waals surface area contributed by atoms with Crippen molar-refractivity contribution in [1.29, 1.82) is 0 Å². The monoisotopic (exact) mass is 223 g/mol. The van der Waals surface area contributed by atoms with Crippen LogP contribution in [0.1, 0.15) is 25.7 Å². The maximum atomic E-state index is 11.6. The van der Waals surface area contributed by atoms with E-state index in [1.165, 1.54) is 0 Å². The molecule has 0 aliphatic heterocycles. The fourth-order valence-electron chi connectivity index (χ4n) is 1.93. The molecule has 2 N–H and O–H groups in total. The molecule has 0 saturated heterocycles. The van der Waals surface area contributed by atoms with Gasteiger partial charge in [-0.2, -0.15) is 5.10 Å². The van der Waals surface area contributed by atoms with Crippen molar-refractivity contribution in [3.05, 3.63) is 18.5 Å². The van der Waals surface area contributed by atoms with Crippen LogP contribution in [0.3, 0.4) is 0 Å². The first-order chi connectivity index (χ1) is 7.74. The highest BCUT2D eigenvalue weighted by molar-refractivity contribution is 5.76. The highest BCUT2D eigenvalue weighted by atomic mass is 16.3. The molecule has 16 heavy (non-hydrogen) atoms. The minimum Gasteiger partial charge on any atom is -0.394 e. The molecule has 0 atom stereocenters. The number of carbonyl (C=O) groups is 1. The van der Waals surface area contributed by atoms with Gasteiger partial charge in [0.25, 0.3) is 0 Å². The van der Waals surface area contributed by atoms with Gasteiger partial charge in [0.2, 0.25) is 5.91 Å². The van der Waals surface area contributed by atoms with E-state index < -0.39 is 0 Å². The summed E-state index contributed by atoms with van der Waals surface area (Å²) in [6.07, 6.45) is 6.79. The summed E-state index contributed by atoms with van der Waals surface area (Å²) in [6, 6.07) is 1.83. The fraction of sp³-hybridized carbons (Fsp3) is 0.636. The van der Waals surface area contributed by atoms with Crippen LogP contribution in [-0.4, -0.2) is 32.9 Å². The lowest BCUT2D eigenvalue weighted by atomic mass is 9.77. The number of aliphatic hydroxyl groups is 1. The normalized spacial score (nSPS) is 17.8. The lowest BCUT2D eigenvalue weighted by molar-refractivity contribution is -0.125. The summed E-state index contributed by atoms with van der Waals surface area (Å²) in [5, 5.41) is 16.1. The average Bonchev–Trinajstić information content (AvgIpc) is 2.73. The molecule has 1 aliphatic rings. The number of aliphatic hydroxyl groups excluding tert-OH is 1. The van der Waals surface area contributed by atoms with Crippen LogP contribution in [0, 0.1) is 0 Å². The van der Waals surface area contributed by atoms with Crippen LogP contribution in [0.5, 0.6) is 0 Å². The molecular weight excluding hydrogens is 206 g/mol. The molecule has 1 amide bonds. The van der Waals surface area contributed by atoms with Gasteiger partial charge in [-0.25, -0.2) is 0 Å². The summed E-state index contributed by atoms with van der Waals surface area (Å²) < 4.78 is 1.73. The number of nitrogens with zero attached hydrogens (tertiary/aromatic N) is 2. The van der Waals surface area contributed by atoms with Gasteiger partial charge in [-0.1, -0.05) is 0 Å². The number of nitrogens with one attached hydrogen (secondary N) is 1. The third-order valence-corrected chi connectivity index (χ3v) is 3.15. The Kier molecular flexibility index (Phi) is 3.24. The summed E-state index contributed by atoms with van der Waals surface area (Å²) >= 11 is 0. The number of hydrogen-bond donors (Lipinski definition) is 2. The molecule has 0 bridgehead atoms. The molecule has 0 unspecified atom stereocenters. The van der Waals surface area contributed by atoms with Gasteiger partial charge in [0.1, 0.15) is 0 Å². The zero-order valence-electron chi connectivity index (χ0n) is 9.22. The molecular formula is C11H17N3O2. The first kappa shape index (κ1) is 11.1. The Bertz CT molecular complexity index is 339. The predicted molar refractivity (Wildman–Crippen MR) is 58.7 cm³/mol. The third kappa shape index (κ3) is 2.41. The fourth-order valence-corrected chi connectivity index (χ4v) is 1.93. The van der Waals surface area contributed by atoms with Crippen molar-refractivity contribution in [2.24, 2.45) is 0 Å². The molecule has 5 nitrogen and oxygen atoms in total. The molecule has 88 valence electrons. The molecule has 1 saturated carbocycles. The molecule has 0 aromatic carbocycles. The number of amides is 1. The van der Waals surface area contributed by atoms with Crippen molar-refractivity contribution in [3.63, 3.8) is 0 Å². The maximum Gasteiger partial charge on any atom is 0.222 e. The smallest absolute Gasteiger partial charge is 0.222 e. The SMILES string of the molecule is O=C(CCn1cccn1)NC1(CO)CCC1.